The third kappa shape index (κ3) is 3.99. The Morgan fingerprint density at radius 1 is 1.33 bits per heavy atom. The number of piperidine rings is 1. The van der Waals surface area contributed by atoms with Crippen LogP contribution in [0.1, 0.15) is 32.1 Å². The Kier molecular flexibility index (Phi) is 6.45. The molecule has 2 aliphatic heterocycles. The first-order chi connectivity index (χ1) is 11.2. The molecule has 132 valence electrons. The molecule has 2 N–H and O–H groups in total. The maximum atomic E-state index is 12.3. The molecule has 2 saturated heterocycles. The number of rotatable bonds is 4. The highest BCUT2D eigenvalue weighted by atomic mass is 35.5. The van der Waals surface area contributed by atoms with Crippen molar-refractivity contribution in [3.8, 4) is 5.75 Å². The van der Waals surface area contributed by atoms with E-state index >= 15 is 0 Å². The molecule has 2 amide bonds. The summed E-state index contributed by atoms with van der Waals surface area (Å²) >= 11 is 0. The summed E-state index contributed by atoms with van der Waals surface area (Å²) in [4.78, 5) is 25.9. The molecule has 0 aliphatic carbocycles. The van der Waals surface area contributed by atoms with Crippen molar-refractivity contribution in [1.29, 1.82) is 0 Å². The molecule has 3 rings (SSSR count). The predicted octanol–water partition coefficient (Wildman–Crippen LogP) is 2.32. The Balaban J connectivity index is 0.00000208. The lowest BCUT2D eigenvalue weighted by atomic mass is 10.0. The van der Waals surface area contributed by atoms with Crippen molar-refractivity contribution >= 4 is 35.6 Å². The van der Waals surface area contributed by atoms with E-state index in [2.05, 4.69) is 10.6 Å². The molecular weight excluding hydrogens is 330 g/mol. The standard InChI is InChI=1S/C17H23N3O3.ClH/c1-23-15-11-12(19-17(22)13-5-2-3-9-18-13)7-8-14(15)20-10-4-6-16(20)21;/h7-8,11,13,18H,2-6,9-10H2,1H3,(H,19,22);1H. The van der Waals surface area contributed by atoms with Crippen molar-refractivity contribution in [3.63, 3.8) is 0 Å². The van der Waals surface area contributed by atoms with E-state index in [0.717, 1.165) is 37.9 Å². The number of anilines is 2. The van der Waals surface area contributed by atoms with E-state index in [1.165, 1.54) is 0 Å². The van der Waals surface area contributed by atoms with Crippen LogP contribution in [-0.2, 0) is 9.59 Å². The van der Waals surface area contributed by atoms with Crippen LogP contribution in [0.15, 0.2) is 18.2 Å². The zero-order valence-electron chi connectivity index (χ0n) is 13.8. The van der Waals surface area contributed by atoms with Crippen molar-refractivity contribution in [2.24, 2.45) is 0 Å². The number of hydrogen-bond donors (Lipinski definition) is 2. The van der Waals surface area contributed by atoms with E-state index in [-0.39, 0.29) is 30.3 Å². The zero-order chi connectivity index (χ0) is 16.2. The van der Waals surface area contributed by atoms with E-state index in [9.17, 15) is 9.59 Å². The molecule has 24 heavy (non-hydrogen) atoms. The van der Waals surface area contributed by atoms with Gasteiger partial charge in [0.25, 0.3) is 0 Å². The lowest BCUT2D eigenvalue weighted by Gasteiger charge is -2.23. The van der Waals surface area contributed by atoms with Crippen molar-refractivity contribution in [1.82, 2.24) is 5.32 Å². The molecule has 2 aliphatic rings. The molecule has 1 atom stereocenters. The molecule has 0 radical (unpaired) electrons. The van der Waals surface area contributed by atoms with Gasteiger partial charge in [0.1, 0.15) is 5.75 Å². The summed E-state index contributed by atoms with van der Waals surface area (Å²) in [5, 5.41) is 6.16. The lowest BCUT2D eigenvalue weighted by molar-refractivity contribution is -0.119. The highest BCUT2D eigenvalue weighted by Gasteiger charge is 2.25. The smallest absolute Gasteiger partial charge is 0.241 e. The van der Waals surface area contributed by atoms with Crippen LogP contribution >= 0.6 is 12.4 Å². The molecule has 1 unspecified atom stereocenters. The van der Waals surface area contributed by atoms with Crippen LogP contribution in [0.25, 0.3) is 0 Å². The fourth-order valence-corrected chi connectivity index (χ4v) is 3.19. The second kappa shape index (κ2) is 8.35. The molecule has 7 heteroatoms. The third-order valence-corrected chi connectivity index (χ3v) is 4.44. The van der Waals surface area contributed by atoms with E-state index in [1.54, 1.807) is 18.1 Å². The molecule has 2 fully saturated rings. The molecule has 0 bridgehead atoms. The number of amides is 2. The second-order valence-electron chi connectivity index (χ2n) is 6.03. The van der Waals surface area contributed by atoms with Crippen LogP contribution in [-0.4, -0.2) is 38.1 Å². The predicted molar refractivity (Wildman–Crippen MR) is 96.1 cm³/mol. The largest absolute Gasteiger partial charge is 0.494 e. The van der Waals surface area contributed by atoms with E-state index in [4.69, 9.17) is 4.74 Å². The minimum Gasteiger partial charge on any atom is -0.494 e. The van der Waals surface area contributed by atoms with Crippen molar-refractivity contribution in [2.75, 3.05) is 30.4 Å². The van der Waals surface area contributed by atoms with Crippen molar-refractivity contribution in [3.05, 3.63) is 18.2 Å². The monoisotopic (exact) mass is 353 g/mol. The fourth-order valence-electron chi connectivity index (χ4n) is 3.19. The third-order valence-electron chi connectivity index (χ3n) is 4.44. The Morgan fingerprint density at radius 2 is 2.17 bits per heavy atom. The van der Waals surface area contributed by atoms with Gasteiger partial charge >= 0.3 is 0 Å². The molecule has 6 nitrogen and oxygen atoms in total. The number of carbonyl (C=O) groups is 2. The van der Waals surface area contributed by atoms with Crippen LogP contribution < -0.4 is 20.3 Å². The Bertz CT molecular complexity index is 603. The highest BCUT2D eigenvalue weighted by Crippen LogP contribution is 2.33. The summed E-state index contributed by atoms with van der Waals surface area (Å²) in [7, 11) is 1.58. The van der Waals surface area contributed by atoms with Crippen LogP contribution in [0.3, 0.4) is 0 Å². The maximum absolute atomic E-state index is 12.3. The normalized spacial score (nSPS) is 20.5. The number of methoxy groups -OCH3 is 1. The van der Waals surface area contributed by atoms with Gasteiger partial charge in [0.2, 0.25) is 11.8 Å². The summed E-state index contributed by atoms with van der Waals surface area (Å²) in [5.74, 6) is 0.706. The Hall–Kier alpha value is -1.79. The zero-order valence-corrected chi connectivity index (χ0v) is 14.7. The van der Waals surface area contributed by atoms with Gasteiger partial charge < -0.3 is 20.3 Å². The van der Waals surface area contributed by atoms with Crippen molar-refractivity contribution < 1.29 is 14.3 Å². The Morgan fingerprint density at radius 3 is 2.79 bits per heavy atom. The number of nitrogens with one attached hydrogen (secondary N) is 2. The lowest BCUT2D eigenvalue weighted by Crippen LogP contribution is -2.43. The molecule has 0 aromatic heterocycles. The highest BCUT2D eigenvalue weighted by molar-refractivity contribution is 5.98. The summed E-state index contributed by atoms with van der Waals surface area (Å²) in [5.41, 5.74) is 1.46. The SMILES string of the molecule is COc1cc(NC(=O)C2CCCCN2)ccc1N1CCCC1=O.Cl. The molecule has 0 saturated carbocycles. The summed E-state index contributed by atoms with van der Waals surface area (Å²) in [6.07, 6.45) is 4.51. The quantitative estimate of drug-likeness (QED) is 0.871. The van der Waals surface area contributed by atoms with Gasteiger partial charge in [-0.15, -0.1) is 12.4 Å². The first kappa shape index (κ1) is 18.5. The fraction of sp³-hybridized carbons (Fsp3) is 0.529. The number of hydrogen-bond acceptors (Lipinski definition) is 4. The van der Waals surface area contributed by atoms with E-state index in [1.807, 2.05) is 12.1 Å². The van der Waals surface area contributed by atoms with Gasteiger partial charge in [-0.05, 0) is 37.9 Å². The van der Waals surface area contributed by atoms with E-state index < -0.39 is 0 Å². The minimum absolute atomic E-state index is 0. The van der Waals surface area contributed by atoms with Crippen LogP contribution in [0.5, 0.6) is 5.75 Å². The number of carbonyl (C=O) groups excluding carboxylic acids is 2. The second-order valence-corrected chi connectivity index (χ2v) is 6.03. The molecule has 0 spiro atoms. The van der Waals surface area contributed by atoms with Gasteiger partial charge in [-0.3, -0.25) is 9.59 Å². The van der Waals surface area contributed by atoms with E-state index in [0.29, 0.717) is 24.4 Å². The summed E-state index contributed by atoms with van der Waals surface area (Å²) in [6.45, 7) is 1.60. The molecule has 2 heterocycles. The number of ether oxygens (including phenoxy) is 1. The average molecular weight is 354 g/mol. The van der Waals surface area contributed by atoms with Gasteiger partial charge in [-0.25, -0.2) is 0 Å². The summed E-state index contributed by atoms with van der Waals surface area (Å²) in [6, 6.07) is 5.31. The molecule has 1 aromatic carbocycles. The van der Waals surface area contributed by atoms with Crippen LogP contribution in [0.2, 0.25) is 0 Å². The molecule has 1 aromatic rings. The van der Waals surface area contributed by atoms with Gasteiger partial charge in [0.15, 0.2) is 0 Å². The number of halogens is 1. The van der Waals surface area contributed by atoms with Gasteiger partial charge in [0, 0.05) is 24.7 Å². The topological polar surface area (TPSA) is 70.7 Å². The minimum atomic E-state index is -0.130. The van der Waals surface area contributed by atoms with Crippen LogP contribution in [0.4, 0.5) is 11.4 Å². The van der Waals surface area contributed by atoms with Gasteiger partial charge in [-0.1, -0.05) is 6.42 Å². The van der Waals surface area contributed by atoms with Gasteiger partial charge in [0.05, 0.1) is 18.8 Å². The maximum Gasteiger partial charge on any atom is 0.241 e. The molecular formula is C17H24ClN3O3. The summed E-state index contributed by atoms with van der Waals surface area (Å²) < 4.78 is 5.41. The van der Waals surface area contributed by atoms with Gasteiger partial charge in [-0.2, -0.15) is 0 Å². The van der Waals surface area contributed by atoms with Crippen LogP contribution in [0, 0.1) is 0 Å². The number of benzene rings is 1. The average Bonchev–Trinajstić information content (AvgIpc) is 3.01. The Labute approximate surface area is 148 Å². The number of nitrogens with zero attached hydrogens (tertiary/aromatic N) is 1. The van der Waals surface area contributed by atoms with Crippen molar-refractivity contribution in [2.45, 2.75) is 38.1 Å². The first-order valence-corrected chi connectivity index (χ1v) is 8.21. The first-order valence-electron chi connectivity index (χ1n) is 8.21.